The zero-order chi connectivity index (χ0) is 10.3. The Hall–Kier alpha value is -0.570. The van der Waals surface area contributed by atoms with Crippen molar-refractivity contribution in [1.82, 2.24) is 0 Å². The van der Waals surface area contributed by atoms with E-state index in [1.54, 1.807) is 7.11 Å². The first-order chi connectivity index (χ1) is 5.95. The third-order valence-corrected chi connectivity index (χ3v) is 1.63. The molecule has 0 rings (SSSR count). The summed E-state index contributed by atoms with van der Waals surface area (Å²) >= 11 is 0. The van der Waals surface area contributed by atoms with E-state index in [1.807, 2.05) is 0 Å². The standard InChI is InChI=1S/C10H20O3/c1-10(2,3)6-5-9(11)13-8-7-12-4/h5-8H2,1-4H3. The molecule has 0 fully saturated rings. The Labute approximate surface area is 80.4 Å². The van der Waals surface area contributed by atoms with Crippen molar-refractivity contribution in [3.8, 4) is 0 Å². The summed E-state index contributed by atoms with van der Waals surface area (Å²) in [6, 6.07) is 0. The molecule has 0 atom stereocenters. The van der Waals surface area contributed by atoms with Crippen molar-refractivity contribution in [1.29, 1.82) is 0 Å². The van der Waals surface area contributed by atoms with Gasteiger partial charge in [0.2, 0.25) is 0 Å². The van der Waals surface area contributed by atoms with Crippen molar-refractivity contribution >= 4 is 5.97 Å². The molecule has 0 aromatic carbocycles. The van der Waals surface area contributed by atoms with Crippen LogP contribution in [0, 0.1) is 5.41 Å². The van der Waals surface area contributed by atoms with Gasteiger partial charge in [0.05, 0.1) is 6.61 Å². The molecule has 0 saturated heterocycles. The van der Waals surface area contributed by atoms with Gasteiger partial charge in [-0.15, -0.1) is 0 Å². The van der Waals surface area contributed by atoms with Gasteiger partial charge in [0.1, 0.15) is 6.61 Å². The molecule has 0 spiro atoms. The third kappa shape index (κ3) is 9.34. The van der Waals surface area contributed by atoms with E-state index in [2.05, 4.69) is 20.8 Å². The highest BCUT2D eigenvalue weighted by Crippen LogP contribution is 2.20. The quantitative estimate of drug-likeness (QED) is 0.489. The zero-order valence-electron chi connectivity index (χ0n) is 9.05. The van der Waals surface area contributed by atoms with Crippen LogP contribution in [0.3, 0.4) is 0 Å². The molecular formula is C10H20O3. The van der Waals surface area contributed by atoms with Gasteiger partial charge in [-0.05, 0) is 11.8 Å². The fourth-order valence-electron chi connectivity index (χ4n) is 0.788. The fraction of sp³-hybridized carbons (Fsp3) is 0.900. The summed E-state index contributed by atoms with van der Waals surface area (Å²) in [5.74, 6) is -0.132. The highest BCUT2D eigenvalue weighted by Gasteiger charge is 2.13. The molecular weight excluding hydrogens is 168 g/mol. The lowest BCUT2D eigenvalue weighted by molar-refractivity contribution is -0.145. The average molecular weight is 188 g/mol. The molecule has 13 heavy (non-hydrogen) atoms. The molecule has 0 aromatic heterocycles. The van der Waals surface area contributed by atoms with Gasteiger partial charge < -0.3 is 9.47 Å². The Morgan fingerprint density at radius 1 is 1.23 bits per heavy atom. The second-order valence-corrected chi connectivity index (χ2v) is 4.27. The number of rotatable bonds is 5. The monoisotopic (exact) mass is 188 g/mol. The Bertz CT molecular complexity index is 147. The number of methoxy groups -OCH3 is 1. The molecule has 0 aliphatic rings. The lowest BCUT2D eigenvalue weighted by Crippen LogP contribution is -2.13. The van der Waals surface area contributed by atoms with Crippen molar-refractivity contribution in [3.05, 3.63) is 0 Å². The van der Waals surface area contributed by atoms with Gasteiger partial charge in [-0.25, -0.2) is 0 Å². The second kappa shape index (κ2) is 5.97. The smallest absolute Gasteiger partial charge is 0.305 e. The van der Waals surface area contributed by atoms with E-state index in [1.165, 1.54) is 0 Å². The van der Waals surface area contributed by atoms with E-state index in [9.17, 15) is 4.79 Å². The lowest BCUT2D eigenvalue weighted by Gasteiger charge is -2.16. The predicted molar refractivity (Wildman–Crippen MR) is 51.5 cm³/mol. The summed E-state index contributed by atoms with van der Waals surface area (Å²) < 4.78 is 9.67. The van der Waals surface area contributed by atoms with E-state index >= 15 is 0 Å². The highest BCUT2D eigenvalue weighted by atomic mass is 16.6. The molecule has 0 bridgehead atoms. The summed E-state index contributed by atoms with van der Waals surface area (Å²) in [6.07, 6.45) is 1.35. The van der Waals surface area contributed by atoms with Crippen LogP contribution in [0.1, 0.15) is 33.6 Å². The van der Waals surface area contributed by atoms with E-state index in [-0.39, 0.29) is 11.4 Å². The second-order valence-electron chi connectivity index (χ2n) is 4.27. The molecule has 3 heteroatoms. The number of hydrogen-bond donors (Lipinski definition) is 0. The van der Waals surface area contributed by atoms with Crippen LogP contribution < -0.4 is 0 Å². The van der Waals surface area contributed by atoms with Gasteiger partial charge in [0, 0.05) is 13.5 Å². The van der Waals surface area contributed by atoms with Crippen molar-refractivity contribution < 1.29 is 14.3 Å². The van der Waals surface area contributed by atoms with E-state index in [0.29, 0.717) is 19.6 Å². The van der Waals surface area contributed by atoms with E-state index in [0.717, 1.165) is 6.42 Å². The Morgan fingerprint density at radius 3 is 2.31 bits per heavy atom. The molecule has 0 amide bonds. The highest BCUT2D eigenvalue weighted by molar-refractivity contribution is 5.69. The minimum Gasteiger partial charge on any atom is -0.463 e. The van der Waals surface area contributed by atoms with Crippen molar-refractivity contribution in [2.45, 2.75) is 33.6 Å². The Balaban J connectivity index is 3.41. The maximum atomic E-state index is 11.1. The van der Waals surface area contributed by atoms with Crippen LogP contribution in [0.15, 0.2) is 0 Å². The van der Waals surface area contributed by atoms with Crippen LogP contribution in [0.25, 0.3) is 0 Å². The molecule has 0 radical (unpaired) electrons. The van der Waals surface area contributed by atoms with Crippen molar-refractivity contribution in [3.63, 3.8) is 0 Å². The van der Waals surface area contributed by atoms with E-state index in [4.69, 9.17) is 9.47 Å². The van der Waals surface area contributed by atoms with Crippen LogP contribution in [0.4, 0.5) is 0 Å². The summed E-state index contributed by atoms with van der Waals surface area (Å²) in [4.78, 5) is 11.1. The largest absolute Gasteiger partial charge is 0.463 e. The average Bonchev–Trinajstić information content (AvgIpc) is 2.00. The topological polar surface area (TPSA) is 35.5 Å². The third-order valence-electron chi connectivity index (χ3n) is 1.63. The SMILES string of the molecule is COCCOC(=O)CCC(C)(C)C. The molecule has 78 valence electrons. The molecule has 0 aliphatic carbocycles. The number of hydrogen-bond acceptors (Lipinski definition) is 3. The van der Waals surface area contributed by atoms with Crippen LogP contribution >= 0.6 is 0 Å². The first-order valence-electron chi connectivity index (χ1n) is 4.60. The first-order valence-corrected chi connectivity index (χ1v) is 4.60. The van der Waals surface area contributed by atoms with Gasteiger partial charge in [-0.3, -0.25) is 4.79 Å². The molecule has 0 heterocycles. The number of carbonyl (C=O) groups excluding carboxylic acids is 1. The molecule has 0 saturated carbocycles. The first kappa shape index (κ1) is 12.4. The Kier molecular flexibility index (Phi) is 5.71. The van der Waals surface area contributed by atoms with Crippen molar-refractivity contribution in [2.24, 2.45) is 5.41 Å². The maximum absolute atomic E-state index is 11.1. The fourth-order valence-corrected chi connectivity index (χ4v) is 0.788. The van der Waals surface area contributed by atoms with Crippen LogP contribution in [0.2, 0.25) is 0 Å². The normalized spacial score (nSPS) is 11.4. The summed E-state index contributed by atoms with van der Waals surface area (Å²) in [5, 5.41) is 0. The van der Waals surface area contributed by atoms with Gasteiger partial charge in [-0.2, -0.15) is 0 Å². The molecule has 0 aliphatic heterocycles. The zero-order valence-corrected chi connectivity index (χ0v) is 9.05. The predicted octanol–water partition coefficient (Wildman–Crippen LogP) is 2.00. The molecule has 3 nitrogen and oxygen atoms in total. The molecule has 0 aromatic rings. The summed E-state index contributed by atoms with van der Waals surface area (Å²) in [5.41, 5.74) is 0.195. The molecule has 0 unspecified atom stereocenters. The minimum absolute atomic E-state index is 0.132. The maximum Gasteiger partial charge on any atom is 0.305 e. The van der Waals surface area contributed by atoms with Crippen LogP contribution in [-0.4, -0.2) is 26.3 Å². The Morgan fingerprint density at radius 2 is 1.85 bits per heavy atom. The van der Waals surface area contributed by atoms with Crippen LogP contribution in [0.5, 0.6) is 0 Å². The summed E-state index contributed by atoms with van der Waals surface area (Å²) in [6.45, 7) is 7.15. The number of carbonyl (C=O) groups is 1. The van der Waals surface area contributed by atoms with Gasteiger partial charge in [-0.1, -0.05) is 20.8 Å². The van der Waals surface area contributed by atoms with Gasteiger partial charge in [0.15, 0.2) is 0 Å². The lowest BCUT2D eigenvalue weighted by atomic mass is 9.91. The molecule has 0 N–H and O–H groups in total. The van der Waals surface area contributed by atoms with E-state index < -0.39 is 0 Å². The minimum atomic E-state index is -0.132. The summed E-state index contributed by atoms with van der Waals surface area (Å²) in [7, 11) is 1.59. The van der Waals surface area contributed by atoms with Gasteiger partial charge in [0.25, 0.3) is 0 Å². The van der Waals surface area contributed by atoms with Gasteiger partial charge >= 0.3 is 5.97 Å². The number of esters is 1. The number of ether oxygens (including phenoxy) is 2. The van der Waals surface area contributed by atoms with Crippen molar-refractivity contribution in [2.75, 3.05) is 20.3 Å². The van der Waals surface area contributed by atoms with Crippen LogP contribution in [-0.2, 0) is 14.3 Å².